The summed E-state index contributed by atoms with van der Waals surface area (Å²) in [6, 6.07) is 11.9. The van der Waals surface area contributed by atoms with Crippen molar-refractivity contribution in [2.24, 2.45) is 0 Å². The van der Waals surface area contributed by atoms with E-state index in [9.17, 15) is 15.0 Å². The zero-order chi connectivity index (χ0) is 29.4. The molecule has 2 rings (SSSR count). The molecule has 2 aromatic rings. The van der Waals surface area contributed by atoms with Gasteiger partial charge in [0, 0.05) is 0 Å². The molecule has 0 amide bonds. The first-order chi connectivity index (χ1) is 20.1. The smallest absolute Gasteiger partial charge is 0.339 e. The summed E-state index contributed by atoms with van der Waals surface area (Å²) in [6.45, 7) is 3.98. The largest absolute Gasteiger partial charge is 0.508 e. The molecule has 6 heteroatoms. The summed E-state index contributed by atoms with van der Waals surface area (Å²) in [4.78, 5) is 11.8. The monoisotopic (exact) mass is 570 g/mol. The highest BCUT2D eigenvalue weighted by Gasteiger charge is 2.16. The first-order valence-corrected chi connectivity index (χ1v) is 16.2. The van der Waals surface area contributed by atoms with Crippen molar-refractivity contribution in [3.63, 3.8) is 0 Å². The van der Waals surface area contributed by atoms with Crippen LogP contribution in [0.5, 0.6) is 23.0 Å². The Hall–Kier alpha value is -2.89. The molecular weight excluding hydrogens is 516 g/mol. The Bertz CT molecular complexity index is 927. The molecule has 0 heterocycles. The number of para-hydroxylation sites is 1. The minimum atomic E-state index is -0.995. The molecular formula is C35H54O6. The molecule has 0 spiro atoms. The maximum atomic E-state index is 11.8. The lowest BCUT2D eigenvalue weighted by molar-refractivity contribution is 0.0691. The third-order valence-corrected chi connectivity index (χ3v) is 7.36. The highest BCUT2D eigenvalue weighted by Crippen LogP contribution is 2.32. The lowest BCUT2D eigenvalue weighted by atomic mass is 10.1. The molecule has 0 radical (unpaired) electrons. The minimum Gasteiger partial charge on any atom is -0.508 e. The Balaban J connectivity index is 1.54. The number of ether oxygens (including phenoxy) is 3. The maximum Gasteiger partial charge on any atom is 0.339 e. The van der Waals surface area contributed by atoms with E-state index in [1.807, 2.05) is 6.07 Å². The van der Waals surface area contributed by atoms with Crippen molar-refractivity contribution < 1.29 is 29.2 Å². The molecule has 0 fully saturated rings. The summed E-state index contributed by atoms with van der Waals surface area (Å²) in [5.74, 6) is 0.905. The number of hydrogen-bond donors (Lipinski definition) is 2. The van der Waals surface area contributed by atoms with E-state index in [4.69, 9.17) is 14.2 Å². The third-order valence-electron chi connectivity index (χ3n) is 7.36. The quantitative estimate of drug-likeness (QED) is 0.109. The number of rotatable bonds is 26. The normalized spacial score (nSPS) is 11.0. The molecule has 0 atom stereocenters. The summed E-state index contributed by atoms with van der Waals surface area (Å²) in [7, 11) is 0. The Kier molecular flexibility index (Phi) is 19.0. The lowest BCUT2D eigenvalue weighted by Gasteiger charge is -2.15. The number of carboxylic acids is 1. The fraction of sp³-hybridized carbons (Fsp3) is 0.629. The summed E-state index contributed by atoms with van der Waals surface area (Å²) in [6.07, 6.45) is 21.7. The van der Waals surface area contributed by atoms with Crippen molar-refractivity contribution >= 4 is 5.97 Å². The highest BCUT2D eigenvalue weighted by atomic mass is 16.5. The minimum absolute atomic E-state index is 0.158. The molecule has 0 saturated carbocycles. The number of aromatic carboxylic acids is 1. The third kappa shape index (κ3) is 16.2. The molecule has 0 aliphatic rings. The van der Waals surface area contributed by atoms with Crippen molar-refractivity contribution in [1.82, 2.24) is 0 Å². The van der Waals surface area contributed by atoms with Crippen LogP contribution in [0.15, 0.2) is 42.5 Å². The van der Waals surface area contributed by atoms with Crippen LogP contribution in [0.4, 0.5) is 0 Å². The second-order valence-electron chi connectivity index (χ2n) is 11.0. The molecule has 41 heavy (non-hydrogen) atoms. The molecule has 6 nitrogen and oxygen atoms in total. The zero-order valence-corrected chi connectivity index (χ0v) is 25.4. The second-order valence-corrected chi connectivity index (χ2v) is 11.0. The van der Waals surface area contributed by atoms with Crippen LogP contribution >= 0.6 is 0 Å². The predicted octanol–water partition coefficient (Wildman–Crippen LogP) is 9.97. The van der Waals surface area contributed by atoms with E-state index in [1.165, 1.54) is 64.2 Å². The number of benzene rings is 2. The van der Waals surface area contributed by atoms with Crippen LogP contribution in [0.2, 0.25) is 0 Å². The lowest BCUT2D eigenvalue weighted by Crippen LogP contribution is -2.08. The number of carbonyl (C=O) groups is 1. The number of unbranched alkanes of at least 4 members (excludes halogenated alkanes) is 16. The van der Waals surface area contributed by atoms with Crippen LogP contribution in [0, 0.1) is 0 Å². The summed E-state index contributed by atoms with van der Waals surface area (Å²) < 4.78 is 17.6. The van der Waals surface area contributed by atoms with Gasteiger partial charge in [-0.3, -0.25) is 0 Å². The van der Waals surface area contributed by atoms with Crippen LogP contribution in [0.3, 0.4) is 0 Å². The fourth-order valence-electron chi connectivity index (χ4n) is 4.89. The molecule has 0 aromatic heterocycles. The average molecular weight is 571 g/mol. The van der Waals surface area contributed by atoms with Crippen LogP contribution in [-0.2, 0) is 0 Å². The molecule has 0 bridgehead atoms. The van der Waals surface area contributed by atoms with Gasteiger partial charge in [0.1, 0.15) is 17.1 Å². The van der Waals surface area contributed by atoms with E-state index in [1.54, 1.807) is 36.4 Å². The van der Waals surface area contributed by atoms with Gasteiger partial charge in [-0.05, 0) is 55.7 Å². The van der Waals surface area contributed by atoms with Crippen LogP contribution in [0.1, 0.15) is 133 Å². The van der Waals surface area contributed by atoms with Gasteiger partial charge in [0.2, 0.25) is 0 Å². The SMILES string of the molecule is CCCCCCCCCCCCCCOc1cccc(C(=O)O)c1OCCCCCCCCOc1ccc(O)cc1. The first kappa shape index (κ1) is 34.3. The summed E-state index contributed by atoms with van der Waals surface area (Å²) in [5, 5.41) is 19.0. The molecule has 0 aliphatic carbocycles. The molecule has 2 N–H and O–H groups in total. The highest BCUT2D eigenvalue weighted by molar-refractivity contribution is 5.92. The van der Waals surface area contributed by atoms with E-state index in [2.05, 4.69) is 6.92 Å². The van der Waals surface area contributed by atoms with Gasteiger partial charge in [0.15, 0.2) is 11.5 Å². The van der Waals surface area contributed by atoms with Gasteiger partial charge in [-0.1, -0.05) is 109 Å². The van der Waals surface area contributed by atoms with Gasteiger partial charge in [0.25, 0.3) is 0 Å². The van der Waals surface area contributed by atoms with Crippen molar-refractivity contribution in [2.45, 2.75) is 122 Å². The zero-order valence-electron chi connectivity index (χ0n) is 25.4. The number of carboxylic acid groups (broad SMARTS) is 1. The average Bonchev–Trinajstić information content (AvgIpc) is 2.97. The number of phenolic OH excluding ortho intramolecular Hbond substituents is 1. The molecule has 0 saturated heterocycles. The van der Waals surface area contributed by atoms with E-state index < -0.39 is 5.97 Å². The Morgan fingerprint density at radius 1 is 0.585 bits per heavy atom. The van der Waals surface area contributed by atoms with E-state index in [0.717, 1.165) is 57.1 Å². The number of phenols is 1. The Morgan fingerprint density at radius 3 is 1.56 bits per heavy atom. The number of hydrogen-bond acceptors (Lipinski definition) is 5. The fourth-order valence-corrected chi connectivity index (χ4v) is 4.89. The summed E-state index contributed by atoms with van der Waals surface area (Å²) in [5.41, 5.74) is 0.158. The van der Waals surface area contributed by atoms with Crippen molar-refractivity contribution in [3.05, 3.63) is 48.0 Å². The van der Waals surface area contributed by atoms with E-state index in [-0.39, 0.29) is 11.3 Å². The van der Waals surface area contributed by atoms with Crippen molar-refractivity contribution in [2.75, 3.05) is 19.8 Å². The maximum absolute atomic E-state index is 11.8. The Labute approximate surface area is 248 Å². The van der Waals surface area contributed by atoms with E-state index >= 15 is 0 Å². The van der Waals surface area contributed by atoms with Gasteiger partial charge >= 0.3 is 5.97 Å². The van der Waals surface area contributed by atoms with Crippen LogP contribution in [-0.4, -0.2) is 36.0 Å². The molecule has 2 aromatic carbocycles. The van der Waals surface area contributed by atoms with Crippen LogP contribution in [0.25, 0.3) is 0 Å². The second kappa shape index (κ2) is 22.8. The van der Waals surface area contributed by atoms with E-state index in [0.29, 0.717) is 31.3 Å². The van der Waals surface area contributed by atoms with Gasteiger partial charge < -0.3 is 24.4 Å². The van der Waals surface area contributed by atoms with Gasteiger partial charge in [-0.25, -0.2) is 4.79 Å². The first-order valence-electron chi connectivity index (χ1n) is 16.2. The van der Waals surface area contributed by atoms with Crippen molar-refractivity contribution in [1.29, 1.82) is 0 Å². The predicted molar refractivity (Wildman–Crippen MR) is 167 cm³/mol. The molecule has 0 aliphatic heterocycles. The standard InChI is InChI=1S/C35H54O6/c1-2-3-4-5-6-7-8-9-10-11-15-18-28-40-33-22-20-21-32(35(37)38)34(33)41-29-19-16-13-12-14-17-27-39-31-25-23-30(36)24-26-31/h20-26,36H,2-19,27-29H2,1H3,(H,37,38). The molecule has 0 unspecified atom stereocenters. The molecule has 230 valence electrons. The summed E-state index contributed by atoms with van der Waals surface area (Å²) >= 11 is 0. The van der Waals surface area contributed by atoms with Gasteiger partial charge in [0.05, 0.1) is 19.8 Å². The van der Waals surface area contributed by atoms with Gasteiger partial charge in [-0.2, -0.15) is 0 Å². The number of aromatic hydroxyl groups is 1. The van der Waals surface area contributed by atoms with Gasteiger partial charge in [-0.15, -0.1) is 0 Å². The van der Waals surface area contributed by atoms with Crippen molar-refractivity contribution in [3.8, 4) is 23.0 Å². The van der Waals surface area contributed by atoms with Crippen LogP contribution < -0.4 is 14.2 Å². The topological polar surface area (TPSA) is 85.2 Å². The Morgan fingerprint density at radius 2 is 1.05 bits per heavy atom.